The summed E-state index contributed by atoms with van der Waals surface area (Å²) in [5.41, 5.74) is 2.51. The molecule has 1 N–H and O–H groups in total. The van der Waals surface area contributed by atoms with Gasteiger partial charge in [0.15, 0.2) is 5.69 Å². The molecule has 0 aliphatic heterocycles. The molecule has 0 saturated heterocycles. The van der Waals surface area contributed by atoms with Crippen LogP contribution in [0, 0.1) is 19.7 Å². The van der Waals surface area contributed by atoms with Crippen LogP contribution in [0.4, 0.5) is 10.1 Å². The van der Waals surface area contributed by atoms with Crippen molar-refractivity contribution in [1.29, 1.82) is 0 Å². The number of amides is 1. The minimum absolute atomic E-state index is 0.250. The normalized spacial score (nSPS) is 10.8. The van der Waals surface area contributed by atoms with Gasteiger partial charge in [-0.05, 0) is 54.0 Å². The van der Waals surface area contributed by atoms with Crippen molar-refractivity contribution in [3.63, 3.8) is 0 Å². The molecule has 6 nitrogen and oxygen atoms in total. The molecule has 24 heavy (non-hydrogen) atoms. The lowest BCUT2D eigenvalue weighted by Gasteiger charge is -2.05. The van der Waals surface area contributed by atoms with Crippen LogP contribution >= 0.6 is 15.9 Å². The second-order valence-corrected chi connectivity index (χ2v) is 6.12. The molecule has 3 aromatic rings. The molecule has 3 rings (SSSR count). The summed E-state index contributed by atoms with van der Waals surface area (Å²) in [5, 5.41) is 11.3. The Labute approximate surface area is 146 Å². The summed E-state index contributed by atoms with van der Waals surface area (Å²) in [7, 11) is 0. The molecule has 0 aliphatic carbocycles. The third-order valence-corrected chi connectivity index (χ3v) is 4.68. The molecule has 0 bridgehead atoms. The molecule has 0 radical (unpaired) electrons. The number of benzene rings is 1. The van der Waals surface area contributed by atoms with Crippen molar-refractivity contribution < 1.29 is 9.18 Å². The van der Waals surface area contributed by atoms with Gasteiger partial charge in [0.1, 0.15) is 12.5 Å². The number of hydrogen-bond donors (Lipinski definition) is 1. The van der Waals surface area contributed by atoms with Gasteiger partial charge in [-0.15, -0.1) is 0 Å². The second kappa shape index (κ2) is 6.56. The summed E-state index contributed by atoms with van der Waals surface area (Å²) < 4.78 is 17.5. The summed E-state index contributed by atoms with van der Waals surface area (Å²) in [5.74, 6) is -0.803. The zero-order valence-electron chi connectivity index (χ0n) is 13.1. The van der Waals surface area contributed by atoms with E-state index in [4.69, 9.17) is 0 Å². The van der Waals surface area contributed by atoms with Crippen molar-refractivity contribution in [3.8, 4) is 0 Å². The average molecular weight is 392 g/mol. The molecular weight excluding hydrogens is 377 g/mol. The van der Waals surface area contributed by atoms with E-state index in [0.717, 1.165) is 15.9 Å². The van der Waals surface area contributed by atoms with Crippen LogP contribution in [0.3, 0.4) is 0 Å². The Bertz CT molecular complexity index is 902. The van der Waals surface area contributed by atoms with Gasteiger partial charge in [-0.1, -0.05) is 6.07 Å². The predicted octanol–water partition coefficient (Wildman–Crippen LogP) is 3.36. The number of hydrogen-bond acceptors (Lipinski definition) is 3. The first-order valence-corrected chi connectivity index (χ1v) is 8.03. The fraction of sp³-hybridized carbons (Fsp3) is 0.188. The van der Waals surface area contributed by atoms with Crippen LogP contribution in [-0.2, 0) is 6.67 Å². The molecular formula is C16H15BrFN5O. The van der Waals surface area contributed by atoms with E-state index in [9.17, 15) is 9.18 Å². The van der Waals surface area contributed by atoms with Crippen molar-refractivity contribution in [3.05, 3.63) is 63.9 Å². The van der Waals surface area contributed by atoms with Crippen molar-refractivity contribution in [2.45, 2.75) is 20.5 Å². The summed E-state index contributed by atoms with van der Waals surface area (Å²) in [6, 6.07) is 7.32. The number of carbonyl (C=O) groups excluding carboxylic acids is 1. The van der Waals surface area contributed by atoms with E-state index < -0.39 is 11.7 Å². The highest BCUT2D eigenvalue weighted by Gasteiger charge is 2.12. The standard InChI is InChI=1S/C16H15BrFN5O/c1-10-15(17)11(2)23(20-10)9-22-7-6-14(21-22)16(24)19-13-5-3-4-12(18)8-13/h3-8H,9H2,1-2H3,(H,19,24). The summed E-state index contributed by atoms with van der Waals surface area (Å²) in [6.07, 6.45) is 1.70. The van der Waals surface area contributed by atoms with Gasteiger partial charge in [-0.2, -0.15) is 10.2 Å². The maximum atomic E-state index is 13.2. The molecule has 0 atom stereocenters. The highest BCUT2D eigenvalue weighted by atomic mass is 79.9. The van der Waals surface area contributed by atoms with Crippen molar-refractivity contribution in [1.82, 2.24) is 19.6 Å². The van der Waals surface area contributed by atoms with Gasteiger partial charge >= 0.3 is 0 Å². The Balaban J connectivity index is 1.73. The summed E-state index contributed by atoms with van der Waals surface area (Å²) in [6.45, 7) is 4.26. The van der Waals surface area contributed by atoms with Gasteiger partial charge in [0.25, 0.3) is 5.91 Å². The molecule has 1 aromatic carbocycles. The van der Waals surface area contributed by atoms with Gasteiger partial charge < -0.3 is 5.32 Å². The number of anilines is 1. The average Bonchev–Trinajstić information content (AvgIpc) is 3.09. The smallest absolute Gasteiger partial charge is 0.276 e. The molecule has 1 amide bonds. The summed E-state index contributed by atoms with van der Waals surface area (Å²) in [4.78, 5) is 12.2. The molecule has 0 unspecified atom stereocenters. The Kier molecular flexibility index (Phi) is 4.48. The zero-order valence-corrected chi connectivity index (χ0v) is 14.7. The summed E-state index contributed by atoms with van der Waals surface area (Å²) >= 11 is 3.48. The SMILES string of the molecule is Cc1nn(Cn2ccc(C(=O)Nc3cccc(F)c3)n2)c(C)c1Br. The Morgan fingerprint density at radius 1 is 1.29 bits per heavy atom. The number of rotatable bonds is 4. The Morgan fingerprint density at radius 2 is 2.08 bits per heavy atom. The van der Waals surface area contributed by atoms with Crippen LogP contribution in [0.1, 0.15) is 21.9 Å². The first-order valence-electron chi connectivity index (χ1n) is 7.24. The Morgan fingerprint density at radius 3 is 2.75 bits per heavy atom. The second-order valence-electron chi connectivity index (χ2n) is 5.33. The zero-order chi connectivity index (χ0) is 17.3. The van der Waals surface area contributed by atoms with Gasteiger partial charge in [0.05, 0.1) is 15.9 Å². The predicted molar refractivity (Wildman–Crippen MR) is 91.4 cm³/mol. The lowest BCUT2D eigenvalue weighted by Crippen LogP contribution is -2.15. The fourth-order valence-electron chi connectivity index (χ4n) is 2.27. The van der Waals surface area contributed by atoms with Crippen LogP contribution in [0.5, 0.6) is 0 Å². The first kappa shape index (κ1) is 16.4. The van der Waals surface area contributed by atoms with E-state index in [2.05, 4.69) is 31.4 Å². The number of aromatic nitrogens is 4. The number of nitrogens with one attached hydrogen (secondary N) is 1. The van der Waals surface area contributed by atoms with E-state index in [1.54, 1.807) is 27.7 Å². The van der Waals surface area contributed by atoms with Gasteiger partial charge in [0.2, 0.25) is 0 Å². The first-order chi connectivity index (χ1) is 11.4. The quantitative estimate of drug-likeness (QED) is 0.741. The number of halogens is 2. The lowest BCUT2D eigenvalue weighted by molar-refractivity contribution is 0.102. The molecule has 124 valence electrons. The van der Waals surface area contributed by atoms with E-state index in [1.807, 2.05) is 13.8 Å². The molecule has 0 spiro atoms. The van der Waals surface area contributed by atoms with Crippen molar-refractivity contribution in [2.75, 3.05) is 5.32 Å². The minimum atomic E-state index is -0.409. The topological polar surface area (TPSA) is 64.7 Å². The monoisotopic (exact) mass is 391 g/mol. The lowest BCUT2D eigenvalue weighted by atomic mass is 10.3. The van der Waals surface area contributed by atoms with Crippen LogP contribution < -0.4 is 5.32 Å². The molecule has 2 aromatic heterocycles. The van der Waals surface area contributed by atoms with Crippen molar-refractivity contribution >= 4 is 27.5 Å². The van der Waals surface area contributed by atoms with Gasteiger partial charge in [-0.25, -0.2) is 9.07 Å². The molecule has 0 aliphatic rings. The molecule has 2 heterocycles. The number of nitrogens with zero attached hydrogens (tertiary/aromatic N) is 4. The number of aryl methyl sites for hydroxylation is 1. The van der Waals surface area contributed by atoms with Crippen LogP contribution in [0.2, 0.25) is 0 Å². The van der Waals surface area contributed by atoms with Crippen molar-refractivity contribution in [2.24, 2.45) is 0 Å². The number of carbonyl (C=O) groups is 1. The van der Waals surface area contributed by atoms with Gasteiger partial charge in [0, 0.05) is 11.9 Å². The van der Waals surface area contributed by atoms with E-state index >= 15 is 0 Å². The maximum Gasteiger partial charge on any atom is 0.276 e. The van der Waals surface area contributed by atoms with E-state index in [-0.39, 0.29) is 5.69 Å². The van der Waals surface area contributed by atoms with Gasteiger partial charge in [-0.3, -0.25) is 9.48 Å². The minimum Gasteiger partial charge on any atom is -0.320 e. The van der Waals surface area contributed by atoms with Crippen LogP contribution in [0.15, 0.2) is 41.0 Å². The Hall–Kier alpha value is -2.48. The molecule has 0 fully saturated rings. The van der Waals surface area contributed by atoms with Crippen LogP contribution in [0.25, 0.3) is 0 Å². The fourth-order valence-corrected chi connectivity index (χ4v) is 2.56. The highest BCUT2D eigenvalue weighted by Crippen LogP contribution is 2.19. The maximum absolute atomic E-state index is 13.2. The highest BCUT2D eigenvalue weighted by molar-refractivity contribution is 9.10. The molecule has 8 heteroatoms. The third-order valence-electron chi connectivity index (χ3n) is 3.53. The van der Waals surface area contributed by atoms with E-state index in [0.29, 0.717) is 12.4 Å². The third kappa shape index (κ3) is 3.38. The molecule has 0 saturated carbocycles. The largest absolute Gasteiger partial charge is 0.320 e. The van der Waals surface area contributed by atoms with E-state index in [1.165, 1.54) is 18.2 Å². The van der Waals surface area contributed by atoms with Crippen LogP contribution in [-0.4, -0.2) is 25.5 Å².